The zero-order chi connectivity index (χ0) is 25.8. The number of para-hydroxylation sites is 2. The highest BCUT2D eigenvalue weighted by Crippen LogP contribution is 2.43. The van der Waals surface area contributed by atoms with Gasteiger partial charge in [0.05, 0.1) is 23.7 Å². The molecule has 1 atom stereocenters. The minimum absolute atomic E-state index is 0.000409. The molecule has 0 spiro atoms. The normalized spacial score (nSPS) is 15.8. The highest BCUT2D eigenvalue weighted by molar-refractivity contribution is 6.31. The Morgan fingerprint density at radius 2 is 1.92 bits per heavy atom. The molecule has 2 aromatic heterocycles. The first kappa shape index (κ1) is 22.8. The number of amides is 1. The van der Waals surface area contributed by atoms with Gasteiger partial charge in [0.25, 0.3) is 5.91 Å². The third-order valence-electron chi connectivity index (χ3n) is 6.25. The van der Waals surface area contributed by atoms with Crippen LogP contribution in [0.1, 0.15) is 22.2 Å². The highest BCUT2D eigenvalue weighted by atomic mass is 35.5. The summed E-state index contributed by atoms with van der Waals surface area (Å²) in [7, 11) is 1.43. The largest absolute Gasteiger partial charge is 0.503 e. The van der Waals surface area contributed by atoms with Gasteiger partial charge in [0.2, 0.25) is 11.7 Å². The second-order valence-corrected chi connectivity index (χ2v) is 8.84. The number of anilines is 1. The van der Waals surface area contributed by atoms with E-state index in [9.17, 15) is 14.7 Å². The second kappa shape index (κ2) is 8.49. The second-order valence-electron chi connectivity index (χ2n) is 8.41. The van der Waals surface area contributed by atoms with Crippen LogP contribution in [0.5, 0.6) is 5.75 Å². The number of rotatable bonds is 5. The standard InChI is InChI=1S/C27H17ClFN3O5/c1-36-20-12-14(28)10-13-11-19(37-25(13)20)23(33)21-22(15-6-2-3-7-16(15)29)32(26(35)24(21)34)27-30-17-8-4-5-9-18(17)31-27/h2-12,22,34H,1H3,(H,30,31). The molecule has 0 saturated carbocycles. The predicted octanol–water partition coefficient (Wildman–Crippen LogP) is 5.89. The van der Waals surface area contributed by atoms with Gasteiger partial charge in [-0.3, -0.25) is 14.5 Å². The lowest BCUT2D eigenvalue weighted by Crippen LogP contribution is -2.32. The van der Waals surface area contributed by atoms with Crippen molar-refractivity contribution >= 4 is 51.2 Å². The number of carbonyl (C=O) groups excluding carboxylic acids is 2. The van der Waals surface area contributed by atoms with Crippen LogP contribution in [0, 0.1) is 5.82 Å². The third kappa shape index (κ3) is 3.54. The Bertz CT molecular complexity index is 1740. The number of benzene rings is 3. The Kier molecular flexibility index (Phi) is 5.24. The number of Topliss-reactive ketones (excluding diaryl/α,β-unsaturated/α-hetero) is 1. The van der Waals surface area contributed by atoms with Crippen molar-refractivity contribution in [1.82, 2.24) is 9.97 Å². The van der Waals surface area contributed by atoms with E-state index in [0.29, 0.717) is 27.2 Å². The number of nitrogens with zero attached hydrogens (tertiary/aromatic N) is 2. The van der Waals surface area contributed by atoms with Crippen molar-refractivity contribution < 1.29 is 28.2 Å². The molecule has 3 aromatic carbocycles. The number of ketones is 1. The molecule has 184 valence electrons. The monoisotopic (exact) mass is 517 g/mol. The first-order valence-electron chi connectivity index (χ1n) is 11.1. The molecular weight excluding hydrogens is 501 g/mol. The summed E-state index contributed by atoms with van der Waals surface area (Å²) in [6, 6.07) is 16.0. The average molecular weight is 518 g/mol. The molecule has 0 fully saturated rings. The Morgan fingerprint density at radius 3 is 2.68 bits per heavy atom. The molecule has 6 rings (SSSR count). The molecule has 8 nitrogen and oxygen atoms in total. The lowest BCUT2D eigenvalue weighted by atomic mass is 9.94. The van der Waals surface area contributed by atoms with E-state index in [1.54, 1.807) is 36.4 Å². The van der Waals surface area contributed by atoms with Crippen LogP contribution in [-0.4, -0.2) is 33.9 Å². The number of fused-ring (bicyclic) bond motifs is 2. The van der Waals surface area contributed by atoms with Crippen molar-refractivity contribution in [3.05, 3.63) is 100 Å². The number of H-pyrrole nitrogens is 1. The van der Waals surface area contributed by atoms with Crippen molar-refractivity contribution in [1.29, 1.82) is 0 Å². The summed E-state index contributed by atoms with van der Waals surface area (Å²) in [6.45, 7) is 0. The fourth-order valence-electron chi connectivity index (χ4n) is 4.58. The van der Waals surface area contributed by atoms with Gasteiger partial charge in [-0.2, -0.15) is 0 Å². The number of hydrogen-bond acceptors (Lipinski definition) is 6. The Hall–Kier alpha value is -4.63. The summed E-state index contributed by atoms with van der Waals surface area (Å²) < 4.78 is 26.2. The summed E-state index contributed by atoms with van der Waals surface area (Å²) in [4.78, 5) is 35.7. The van der Waals surface area contributed by atoms with Crippen LogP contribution < -0.4 is 9.64 Å². The van der Waals surface area contributed by atoms with Crippen LogP contribution in [0.25, 0.3) is 22.0 Å². The molecular formula is C27H17ClFN3O5. The zero-order valence-electron chi connectivity index (χ0n) is 19.2. The number of aromatic amines is 1. The molecule has 3 heterocycles. The van der Waals surface area contributed by atoms with E-state index in [1.165, 1.54) is 37.4 Å². The Balaban J connectivity index is 1.53. The van der Waals surface area contributed by atoms with Crippen LogP contribution in [-0.2, 0) is 4.79 Å². The van der Waals surface area contributed by atoms with Gasteiger partial charge in [-0.1, -0.05) is 41.9 Å². The summed E-state index contributed by atoms with van der Waals surface area (Å²) in [5.41, 5.74) is 1.09. The van der Waals surface area contributed by atoms with E-state index in [-0.39, 0.29) is 28.4 Å². The van der Waals surface area contributed by atoms with E-state index in [4.69, 9.17) is 20.8 Å². The topological polar surface area (TPSA) is 109 Å². The maximum atomic E-state index is 15.1. The molecule has 0 saturated heterocycles. The van der Waals surface area contributed by atoms with Gasteiger partial charge < -0.3 is 19.2 Å². The number of halogens is 2. The number of imidazole rings is 1. The zero-order valence-corrected chi connectivity index (χ0v) is 19.9. The molecule has 0 radical (unpaired) electrons. The van der Waals surface area contributed by atoms with Crippen molar-refractivity contribution in [2.75, 3.05) is 12.0 Å². The summed E-state index contributed by atoms with van der Waals surface area (Å²) >= 11 is 6.14. The molecule has 37 heavy (non-hydrogen) atoms. The molecule has 0 aliphatic carbocycles. The number of aliphatic hydroxyl groups is 1. The first-order valence-corrected chi connectivity index (χ1v) is 11.5. The predicted molar refractivity (Wildman–Crippen MR) is 134 cm³/mol. The number of carbonyl (C=O) groups is 2. The van der Waals surface area contributed by atoms with Crippen LogP contribution in [0.4, 0.5) is 10.3 Å². The van der Waals surface area contributed by atoms with Crippen molar-refractivity contribution in [3.63, 3.8) is 0 Å². The van der Waals surface area contributed by atoms with Crippen molar-refractivity contribution in [3.8, 4) is 5.75 Å². The lowest BCUT2D eigenvalue weighted by molar-refractivity contribution is -0.117. The Labute approximate surface area is 213 Å². The Morgan fingerprint density at radius 1 is 1.16 bits per heavy atom. The number of ether oxygens (including phenoxy) is 1. The first-order chi connectivity index (χ1) is 17.9. The van der Waals surface area contributed by atoms with E-state index < -0.39 is 29.3 Å². The molecule has 5 aromatic rings. The smallest absolute Gasteiger partial charge is 0.296 e. The molecule has 1 amide bonds. The number of aliphatic hydroxyl groups excluding tert-OH is 1. The van der Waals surface area contributed by atoms with Crippen LogP contribution in [0.3, 0.4) is 0 Å². The number of nitrogens with one attached hydrogen (secondary N) is 1. The van der Waals surface area contributed by atoms with Gasteiger partial charge in [0.15, 0.2) is 22.9 Å². The van der Waals surface area contributed by atoms with E-state index in [0.717, 1.165) is 4.90 Å². The van der Waals surface area contributed by atoms with Crippen molar-refractivity contribution in [2.45, 2.75) is 6.04 Å². The number of hydrogen-bond donors (Lipinski definition) is 2. The molecule has 10 heteroatoms. The third-order valence-corrected chi connectivity index (χ3v) is 6.47. The van der Waals surface area contributed by atoms with Crippen molar-refractivity contribution in [2.24, 2.45) is 0 Å². The molecule has 1 unspecified atom stereocenters. The van der Waals surface area contributed by atoms with E-state index >= 15 is 4.39 Å². The number of methoxy groups -OCH3 is 1. The van der Waals surface area contributed by atoms with Crippen LogP contribution in [0.15, 0.2) is 82.5 Å². The SMILES string of the molecule is COc1cc(Cl)cc2cc(C(=O)C3=C(O)C(=O)N(c4nc5ccccc5[nH]4)C3c3ccccc3F)oc12. The van der Waals surface area contributed by atoms with Crippen LogP contribution in [0.2, 0.25) is 5.02 Å². The molecule has 1 aliphatic heterocycles. The molecule has 1 aliphatic rings. The highest BCUT2D eigenvalue weighted by Gasteiger charge is 2.47. The van der Waals surface area contributed by atoms with Gasteiger partial charge in [-0.25, -0.2) is 9.37 Å². The fraction of sp³-hybridized carbons (Fsp3) is 0.0741. The number of aromatic nitrogens is 2. The molecule has 2 N–H and O–H groups in total. The minimum Gasteiger partial charge on any atom is -0.503 e. The summed E-state index contributed by atoms with van der Waals surface area (Å²) in [5.74, 6) is -3.04. The average Bonchev–Trinajstić information content (AvgIpc) is 3.57. The quantitative estimate of drug-likeness (QED) is 0.281. The van der Waals surface area contributed by atoms with Crippen LogP contribution >= 0.6 is 11.6 Å². The van der Waals surface area contributed by atoms with Gasteiger partial charge >= 0.3 is 0 Å². The maximum Gasteiger partial charge on any atom is 0.296 e. The van der Waals surface area contributed by atoms with Gasteiger partial charge in [0.1, 0.15) is 11.9 Å². The summed E-state index contributed by atoms with van der Waals surface area (Å²) in [5, 5.41) is 11.8. The molecule has 0 bridgehead atoms. The van der Waals surface area contributed by atoms with Gasteiger partial charge in [-0.15, -0.1) is 0 Å². The maximum absolute atomic E-state index is 15.1. The number of furan rings is 1. The lowest BCUT2D eigenvalue weighted by Gasteiger charge is -2.24. The minimum atomic E-state index is -1.32. The summed E-state index contributed by atoms with van der Waals surface area (Å²) in [6.07, 6.45) is 0. The fourth-order valence-corrected chi connectivity index (χ4v) is 4.80. The van der Waals surface area contributed by atoms with Gasteiger partial charge in [0, 0.05) is 22.0 Å². The van der Waals surface area contributed by atoms with Gasteiger partial charge in [-0.05, 0) is 30.3 Å². The van der Waals surface area contributed by atoms with E-state index in [2.05, 4.69) is 9.97 Å². The van der Waals surface area contributed by atoms with E-state index in [1.807, 2.05) is 0 Å².